The molecule has 2 rings (SSSR count). The van der Waals surface area contributed by atoms with E-state index in [0.29, 0.717) is 25.3 Å². The number of amides is 2. The highest BCUT2D eigenvalue weighted by Gasteiger charge is 2.07. The number of methoxy groups -OCH3 is 1. The number of carbonyl (C=O) groups excluding carboxylic acids is 1. The number of nitrogens with zero attached hydrogens (tertiary/aromatic N) is 1. The van der Waals surface area contributed by atoms with Crippen molar-refractivity contribution in [1.82, 2.24) is 5.32 Å². The van der Waals surface area contributed by atoms with Gasteiger partial charge in [-0.2, -0.15) is 0 Å². The van der Waals surface area contributed by atoms with Gasteiger partial charge < -0.3 is 25.0 Å². The van der Waals surface area contributed by atoms with E-state index in [1.807, 2.05) is 68.4 Å². The standard InChI is InChI=1S/C20H27N3O3/c1-5-26-18-10-9-15(13-19(18)25-4)11-12-21-20(24)22-16-7-6-8-17(14-16)23(2)3/h6-10,13-14H,5,11-12H2,1-4H3,(H2,21,22,24). The van der Waals surface area contributed by atoms with Crippen LogP contribution in [0.1, 0.15) is 12.5 Å². The maximum absolute atomic E-state index is 12.1. The highest BCUT2D eigenvalue weighted by molar-refractivity contribution is 5.89. The molecular formula is C20H27N3O3. The summed E-state index contributed by atoms with van der Waals surface area (Å²) in [7, 11) is 5.55. The topological polar surface area (TPSA) is 62.8 Å². The van der Waals surface area contributed by atoms with Crippen LogP contribution in [0, 0.1) is 0 Å². The second-order valence-corrected chi connectivity index (χ2v) is 5.99. The van der Waals surface area contributed by atoms with Gasteiger partial charge in [-0.1, -0.05) is 12.1 Å². The van der Waals surface area contributed by atoms with Crippen molar-refractivity contribution in [3.8, 4) is 11.5 Å². The molecule has 0 aliphatic heterocycles. The van der Waals surface area contributed by atoms with Gasteiger partial charge in [0.25, 0.3) is 0 Å². The van der Waals surface area contributed by atoms with Gasteiger partial charge in [0.15, 0.2) is 11.5 Å². The molecule has 0 saturated heterocycles. The van der Waals surface area contributed by atoms with E-state index in [1.165, 1.54) is 0 Å². The molecule has 26 heavy (non-hydrogen) atoms. The molecule has 0 radical (unpaired) electrons. The third-order valence-electron chi connectivity index (χ3n) is 3.85. The maximum atomic E-state index is 12.1. The Morgan fingerprint density at radius 3 is 2.62 bits per heavy atom. The van der Waals surface area contributed by atoms with Crippen molar-refractivity contribution in [1.29, 1.82) is 0 Å². The summed E-state index contributed by atoms with van der Waals surface area (Å²) in [4.78, 5) is 14.1. The minimum absolute atomic E-state index is 0.223. The second-order valence-electron chi connectivity index (χ2n) is 5.99. The smallest absolute Gasteiger partial charge is 0.319 e. The van der Waals surface area contributed by atoms with E-state index in [-0.39, 0.29) is 6.03 Å². The summed E-state index contributed by atoms with van der Waals surface area (Å²) in [6.07, 6.45) is 0.702. The maximum Gasteiger partial charge on any atom is 0.319 e. The van der Waals surface area contributed by atoms with Gasteiger partial charge >= 0.3 is 6.03 Å². The molecule has 6 heteroatoms. The Bertz CT molecular complexity index is 732. The van der Waals surface area contributed by atoms with Crippen LogP contribution in [0.2, 0.25) is 0 Å². The molecule has 0 aromatic heterocycles. The number of anilines is 2. The largest absolute Gasteiger partial charge is 0.493 e. The lowest BCUT2D eigenvalue weighted by Gasteiger charge is -2.14. The lowest BCUT2D eigenvalue weighted by molar-refractivity contribution is 0.252. The number of hydrogen-bond donors (Lipinski definition) is 2. The molecule has 2 aromatic rings. The Labute approximate surface area is 155 Å². The first-order chi connectivity index (χ1) is 12.5. The van der Waals surface area contributed by atoms with Crippen LogP contribution in [-0.4, -0.2) is 40.4 Å². The van der Waals surface area contributed by atoms with E-state index in [4.69, 9.17) is 9.47 Å². The van der Waals surface area contributed by atoms with E-state index >= 15 is 0 Å². The van der Waals surface area contributed by atoms with Gasteiger partial charge in [0, 0.05) is 32.0 Å². The lowest BCUT2D eigenvalue weighted by atomic mass is 10.1. The molecular weight excluding hydrogens is 330 g/mol. The third-order valence-corrected chi connectivity index (χ3v) is 3.85. The number of rotatable bonds is 8. The zero-order chi connectivity index (χ0) is 18.9. The molecule has 0 heterocycles. The average Bonchev–Trinajstić information content (AvgIpc) is 2.63. The highest BCUT2D eigenvalue weighted by atomic mass is 16.5. The quantitative estimate of drug-likeness (QED) is 0.759. The van der Waals surface area contributed by atoms with E-state index in [9.17, 15) is 4.79 Å². The Kier molecular flexibility index (Phi) is 7.14. The van der Waals surface area contributed by atoms with Gasteiger partial charge in [0.1, 0.15) is 0 Å². The zero-order valence-electron chi connectivity index (χ0n) is 15.8. The van der Waals surface area contributed by atoms with Crippen molar-refractivity contribution >= 4 is 17.4 Å². The Morgan fingerprint density at radius 1 is 1.12 bits per heavy atom. The van der Waals surface area contributed by atoms with E-state index in [1.54, 1.807) is 7.11 Å². The number of urea groups is 1. The molecule has 6 nitrogen and oxygen atoms in total. The number of hydrogen-bond acceptors (Lipinski definition) is 4. The summed E-state index contributed by atoms with van der Waals surface area (Å²) in [5, 5.41) is 5.72. The van der Waals surface area contributed by atoms with Crippen LogP contribution in [0.15, 0.2) is 42.5 Å². The molecule has 0 saturated carbocycles. The predicted octanol–water partition coefficient (Wildman–Crippen LogP) is 3.52. The van der Waals surface area contributed by atoms with Crippen molar-refractivity contribution < 1.29 is 14.3 Å². The van der Waals surface area contributed by atoms with Gasteiger partial charge in [-0.05, 0) is 49.2 Å². The molecule has 0 fully saturated rings. The van der Waals surface area contributed by atoms with Crippen LogP contribution in [0.4, 0.5) is 16.2 Å². The van der Waals surface area contributed by atoms with Crippen molar-refractivity contribution in [3.63, 3.8) is 0 Å². The monoisotopic (exact) mass is 357 g/mol. The average molecular weight is 357 g/mol. The van der Waals surface area contributed by atoms with Crippen LogP contribution in [0.3, 0.4) is 0 Å². The molecule has 2 aromatic carbocycles. The summed E-state index contributed by atoms with van der Waals surface area (Å²) in [5.41, 5.74) is 2.86. The fourth-order valence-electron chi connectivity index (χ4n) is 2.50. The van der Waals surface area contributed by atoms with Gasteiger partial charge in [-0.3, -0.25) is 0 Å². The molecule has 0 atom stereocenters. The Morgan fingerprint density at radius 2 is 1.92 bits per heavy atom. The Hall–Kier alpha value is -2.89. The first-order valence-corrected chi connectivity index (χ1v) is 8.65. The van der Waals surface area contributed by atoms with E-state index < -0.39 is 0 Å². The van der Waals surface area contributed by atoms with E-state index in [2.05, 4.69) is 10.6 Å². The van der Waals surface area contributed by atoms with Gasteiger partial charge in [0.05, 0.1) is 13.7 Å². The first-order valence-electron chi connectivity index (χ1n) is 8.65. The first kappa shape index (κ1) is 19.4. The van der Waals surface area contributed by atoms with Crippen LogP contribution >= 0.6 is 0 Å². The van der Waals surface area contributed by atoms with Crippen LogP contribution in [0.25, 0.3) is 0 Å². The molecule has 0 aliphatic carbocycles. The van der Waals surface area contributed by atoms with Gasteiger partial charge in [0.2, 0.25) is 0 Å². The number of carbonyl (C=O) groups is 1. The molecule has 0 unspecified atom stereocenters. The van der Waals surface area contributed by atoms with Crippen molar-refractivity contribution in [2.24, 2.45) is 0 Å². The number of benzene rings is 2. The SMILES string of the molecule is CCOc1ccc(CCNC(=O)Nc2cccc(N(C)C)c2)cc1OC. The van der Waals surface area contributed by atoms with Crippen LogP contribution < -0.4 is 25.0 Å². The van der Waals surface area contributed by atoms with Gasteiger partial charge in [-0.25, -0.2) is 4.79 Å². The summed E-state index contributed by atoms with van der Waals surface area (Å²) >= 11 is 0. The fourth-order valence-corrected chi connectivity index (χ4v) is 2.50. The van der Waals surface area contributed by atoms with Crippen molar-refractivity contribution in [2.75, 3.05) is 44.6 Å². The number of nitrogens with one attached hydrogen (secondary N) is 2. The predicted molar refractivity (Wildman–Crippen MR) is 106 cm³/mol. The number of ether oxygens (including phenoxy) is 2. The Balaban J connectivity index is 1.85. The van der Waals surface area contributed by atoms with Crippen LogP contribution in [0.5, 0.6) is 11.5 Å². The molecule has 0 aliphatic rings. The molecule has 0 spiro atoms. The van der Waals surface area contributed by atoms with Crippen molar-refractivity contribution in [3.05, 3.63) is 48.0 Å². The molecule has 0 bridgehead atoms. The summed E-state index contributed by atoms with van der Waals surface area (Å²) in [6.45, 7) is 3.05. The minimum atomic E-state index is -0.223. The minimum Gasteiger partial charge on any atom is -0.493 e. The molecule has 2 amide bonds. The zero-order valence-corrected chi connectivity index (χ0v) is 15.8. The van der Waals surface area contributed by atoms with Crippen molar-refractivity contribution in [2.45, 2.75) is 13.3 Å². The summed E-state index contributed by atoms with van der Waals surface area (Å²) in [5.74, 6) is 1.43. The fraction of sp³-hybridized carbons (Fsp3) is 0.350. The summed E-state index contributed by atoms with van der Waals surface area (Å²) < 4.78 is 10.9. The second kappa shape index (κ2) is 9.56. The summed E-state index contributed by atoms with van der Waals surface area (Å²) in [6, 6.07) is 13.3. The third kappa shape index (κ3) is 5.58. The lowest BCUT2D eigenvalue weighted by Crippen LogP contribution is -2.30. The highest BCUT2D eigenvalue weighted by Crippen LogP contribution is 2.28. The van der Waals surface area contributed by atoms with E-state index in [0.717, 1.165) is 22.7 Å². The van der Waals surface area contributed by atoms with Crippen LogP contribution in [-0.2, 0) is 6.42 Å². The van der Waals surface area contributed by atoms with Gasteiger partial charge in [-0.15, -0.1) is 0 Å². The molecule has 140 valence electrons. The molecule has 2 N–H and O–H groups in total. The normalized spacial score (nSPS) is 10.2.